The lowest BCUT2D eigenvalue weighted by Gasteiger charge is -2.26. The number of nitrogens with zero attached hydrogens (tertiary/aromatic N) is 1. The van der Waals surface area contributed by atoms with Crippen LogP contribution in [-0.2, 0) is 15.4 Å². The standard InChI is InChI=1S/C30H30FN3O2S/c1-4-8-20(2)29-27-18-34(37(35,36)25-9-6-5-7-10-25)19-30(27,29)26-16-22(17-32)28(15-21(26)3)33-24-13-11-23(31)12-14-24/h4-17,27,29,32-33H,2,18-19H2,1,3H3/b8-4-,32-17?/t27-,29-,30+/m1/s1. The minimum Gasteiger partial charge on any atom is -0.355 e. The molecule has 1 aliphatic carbocycles. The summed E-state index contributed by atoms with van der Waals surface area (Å²) in [5, 5.41) is 11.4. The van der Waals surface area contributed by atoms with Crippen molar-refractivity contribution in [3.05, 3.63) is 114 Å². The SMILES string of the molecule is C=C(/C=C\C)[C@@H]1[C@H]2CN(S(=O)(=O)c3ccccc3)C[C@]21c1cc(C=N)c(Nc2ccc(F)cc2)cc1C. The second-order valence-electron chi connectivity index (χ2n) is 9.84. The molecule has 0 radical (unpaired) electrons. The highest BCUT2D eigenvalue weighted by atomic mass is 32.2. The van der Waals surface area contributed by atoms with Gasteiger partial charge in [0, 0.05) is 41.7 Å². The Hall–Kier alpha value is -3.55. The van der Waals surface area contributed by atoms with Gasteiger partial charge in [-0.25, -0.2) is 12.8 Å². The molecule has 5 rings (SSSR count). The van der Waals surface area contributed by atoms with Crippen molar-refractivity contribution < 1.29 is 12.8 Å². The Bertz CT molecular complexity index is 1500. The van der Waals surface area contributed by atoms with E-state index in [0.717, 1.165) is 28.1 Å². The van der Waals surface area contributed by atoms with E-state index in [2.05, 4.69) is 11.9 Å². The van der Waals surface area contributed by atoms with Crippen LogP contribution in [0.2, 0.25) is 0 Å². The van der Waals surface area contributed by atoms with Crippen LogP contribution >= 0.6 is 0 Å². The number of anilines is 2. The maximum Gasteiger partial charge on any atom is 0.243 e. The maximum atomic E-state index is 13.5. The van der Waals surface area contributed by atoms with Gasteiger partial charge >= 0.3 is 0 Å². The molecule has 0 aromatic heterocycles. The molecule has 5 nitrogen and oxygen atoms in total. The van der Waals surface area contributed by atoms with Gasteiger partial charge in [-0.1, -0.05) is 42.5 Å². The molecule has 190 valence electrons. The highest BCUT2D eigenvalue weighted by molar-refractivity contribution is 7.89. The van der Waals surface area contributed by atoms with Gasteiger partial charge in [0.1, 0.15) is 5.82 Å². The molecule has 2 N–H and O–H groups in total. The molecule has 3 aromatic carbocycles. The van der Waals surface area contributed by atoms with Crippen LogP contribution in [0.15, 0.2) is 95.9 Å². The Morgan fingerprint density at radius 1 is 1.16 bits per heavy atom. The summed E-state index contributed by atoms with van der Waals surface area (Å²) in [6.45, 7) is 9.07. The zero-order valence-electron chi connectivity index (χ0n) is 20.9. The monoisotopic (exact) mass is 515 g/mol. The van der Waals surface area contributed by atoms with Crippen LogP contribution in [0.3, 0.4) is 0 Å². The average Bonchev–Trinajstić information content (AvgIpc) is 3.34. The Morgan fingerprint density at radius 2 is 1.86 bits per heavy atom. The molecular formula is C30H30FN3O2S. The zero-order valence-corrected chi connectivity index (χ0v) is 21.7. The Balaban J connectivity index is 1.54. The van der Waals surface area contributed by atoms with Crippen molar-refractivity contribution in [2.45, 2.75) is 24.2 Å². The smallest absolute Gasteiger partial charge is 0.243 e. The molecule has 1 heterocycles. The van der Waals surface area contributed by atoms with Gasteiger partial charge in [-0.2, -0.15) is 4.31 Å². The Labute approximate surface area is 217 Å². The lowest BCUT2D eigenvalue weighted by molar-refractivity contribution is 0.412. The molecule has 2 fully saturated rings. The molecule has 37 heavy (non-hydrogen) atoms. The van der Waals surface area contributed by atoms with Crippen LogP contribution in [0.4, 0.5) is 15.8 Å². The third-order valence-electron chi connectivity index (χ3n) is 7.69. The number of piperidine rings is 1. The lowest BCUT2D eigenvalue weighted by Crippen LogP contribution is -2.35. The van der Waals surface area contributed by atoms with Gasteiger partial charge in [0.25, 0.3) is 0 Å². The number of fused-ring (bicyclic) bond motifs is 1. The summed E-state index contributed by atoms with van der Waals surface area (Å²) in [6, 6.07) is 18.6. The van der Waals surface area contributed by atoms with Gasteiger partial charge in [-0.05, 0) is 85.3 Å². The van der Waals surface area contributed by atoms with Gasteiger partial charge in [-0.3, -0.25) is 0 Å². The van der Waals surface area contributed by atoms with Crippen molar-refractivity contribution in [2.24, 2.45) is 11.8 Å². The van der Waals surface area contributed by atoms with Crippen LogP contribution in [0.25, 0.3) is 0 Å². The molecule has 7 heteroatoms. The molecule has 0 amide bonds. The number of sulfonamides is 1. The molecule has 0 unspecified atom stereocenters. The largest absolute Gasteiger partial charge is 0.355 e. The lowest BCUT2D eigenvalue weighted by atomic mass is 9.86. The zero-order chi connectivity index (χ0) is 26.4. The van der Waals surface area contributed by atoms with Crippen molar-refractivity contribution in [3.8, 4) is 0 Å². The number of hydrogen-bond acceptors (Lipinski definition) is 4. The summed E-state index contributed by atoms with van der Waals surface area (Å²) in [5.74, 6) is -0.0890. The van der Waals surface area contributed by atoms with Crippen LogP contribution in [0, 0.1) is 30.0 Å². The van der Waals surface area contributed by atoms with Gasteiger partial charge in [0.05, 0.1) is 4.90 Å². The average molecular weight is 516 g/mol. The van der Waals surface area contributed by atoms with E-state index in [1.54, 1.807) is 40.7 Å². The van der Waals surface area contributed by atoms with E-state index in [1.807, 2.05) is 44.2 Å². The third kappa shape index (κ3) is 4.22. The minimum atomic E-state index is -3.63. The summed E-state index contributed by atoms with van der Waals surface area (Å²) in [6.07, 6.45) is 5.28. The van der Waals surface area contributed by atoms with Crippen LogP contribution in [0.5, 0.6) is 0 Å². The predicted molar refractivity (Wildman–Crippen MR) is 147 cm³/mol. The van der Waals surface area contributed by atoms with E-state index in [9.17, 15) is 12.8 Å². The van der Waals surface area contributed by atoms with E-state index in [0.29, 0.717) is 23.5 Å². The Kier molecular flexibility index (Phi) is 6.38. The van der Waals surface area contributed by atoms with E-state index in [4.69, 9.17) is 5.41 Å². The summed E-state index contributed by atoms with van der Waals surface area (Å²) in [5.41, 5.74) is 4.79. The molecular weight excluding hydrogens is 485 g/mol. The highest BCUT2D eigenvalue weighted by Gasteiger charge is 2.71. The van der Waals surface area contributed by atoms with Crippen LogP contribution in [0.1, 0.15) is 23.6 Å². The Morgan fingerprint density at radius 3 is 2.51 bits per heavy atom. The van der Waals surface area contributed by atoms with Crippen molar-refractivity contribution in [1.82, 2.24) is 4.31 Å². The molecule has 3 aromatic rings. The fourth-order valence-corrected chi connectivity index (χ4v) is 7.54. The van der Waals surface area contributed by atoms with Crippen molar-refractivity contribution in [1.29, 1.82) is 5.41 Å². The number of nitrogens with one attached hydrogen (secondary N) is 2. The van der Waals surface area contributed by atoms with Gasteiger partial charge in [0.2, 0.25) is 10.0 Å². The molecule has 3 atom stereocenters. The molecule has 1 saturated heterocycles. The van der Waals surface area contributed by atoms with E-state index < -0.39 is 15.4 Å². The second kappa shape index (κ2) is 9.39. The number of hydrogen-bond donors (Lipinski definition) is 2. The molecule has 0 spiro atoms. The topological polar surface area (TPSA) is 73.3 Å². The first-order valence-corrected chi connectivity index (χ1v) is 13.7. The summed E-state index contributed by atoms with van der Waals surface area (Å²) >= 11 is 0. The van der Waals surface area contributed by atoms with E-state index >= 15 is 0 Å². The van der Waals surface area contributed by atoms with Crippen molar-refractivity contribution >= 4 is 27.6 Å². The van der Waals surface area contributed by atoms with Gasteiger partial charge < -0.3 is 10.7 Å². The number of rotatable bonds is 8. The summed E-state index contributed by atoms with van der Waals surface area (Å²) in [7, 11) is -3.63. The first kappa shape index (κ1) is 25.1. The van der Waals surface area contributed by atoms with E-state index in [-0.39, 0.29) is 17.7 Å². The highest BCUT2D eigenvalue weighted by Crippen LogP contribution is 2.68. The number of aryl methyl sites for hydroxylation is 1. The second-order valence-corrected chi connectivity index (χ2v) is 11.8. The van der Waals surface area contributed by atoms with Crippen LogP contribution in [-0.4, -0.2) is 32.0 Å². The number of allylic oxidation sites excluding steroid dienone is 3. The third-order valence-corrected chi connectivity index (χ3v) is 9.51. The summed E-state index contributed by atoms with van der Waals surface area (Å²) in [4.78, 5) is 0.297. The number of benzene rings is 3. The van der Waals surface area contributed by atoms with Crippen molar-refractivity contribution in [3.63, 3.8) is 0 Å². The fraction of sp³-hybridized carbons (Fsp3) is 0.233. The predicted octanol–water partition coefficient (Wildman–Crippen LogP) is 6.20. The minimum absolute atomic E-state index is 0.0999. The van der Waals surface area contributed by atoms with Crippen LogP contribution < -0.4 is 5.32 Å². The van der Waals surface area contributed by atoms with Crippen molar-refractivity contribution in [2.75, 3.05) is 18.4 Å². The maximum absolute atomic E-state index is 13.5. The normalized spacial score (nSPS) is 23.1. The first-order valence-electron chi connectivity index (χ1n) is 12.3. The first-order chi connectivity index (χ1) is 17.7. The van der Waals surface area contributed by atoms with Gasteiger partial charge in [-0.15, -0.1) is 0 Å². The molecule has 2 aliphatic rings. The number of halogens is 1. The molecule has 0 bridgehead atoms. The van der Waals surface area contributed by atoms with E-state index in [1.165, 1.54) is 18.3 Å². The molecule has 1 aliphatic heterocycles. The fourth-order valence-electron chi connectivity index (χ4n) is 6.00. The quantitative estimate of drug-likeness (QED) is 0.277. The summed E-state index contributed by atoms with van der Waals surface area (Å²) < 4.78 is 41.9. The van der Waals surface area contributed by atoms with Gasteiger partial charge in [0.15, 0.2) is 0 Å². The molecule has 1 saturated carbocycles.